The van der Waals surface area contributed by atoms with Gasteiger partial charge in [0.25, 0.3) is 0 Å². The summed E-state index contributed by atoms with van der Waals surface area (Å²) in [5.74, 6) is -0.880. The summed E-state index contributed by atoms with van der Waals surface area (Å²) in [7, 11) is 0. The summed E-state index contributed by atoms with van der Waals surface area (Å²) in [5, 5.41) is 0. The van der Waals surface area contributed by atoms with Crippen LogP contribution in [0.4, 0.5) is 0 Å². The van der Waals surface area contributed by atoms with Gasteiger partial charge in [0, 0.05) is 19.3 Å². The minimum atomic E-state index is -0.780. The molecule has 6 nitrogen and oxygen atoms in total. The summed E-state index contributed by atoms with van der Waals surface area (Å²) < 4.78 is 16.9. The van der Waals surface area contributed by atoms with Crippen LogP contribution in [0, 0.1) is 0 Å². The number of carbonyl (C=O) groups is 3. The fraction of sp³-hybridized carbons (Fsp3) is 0.800. The molecule has 71 heavy (non-hydrogen) atoms. The minimum absolute atomic E-state index is 0.0773. The Morgan fingerprint density at radius 3 is 0.845 bits per heavy atom. The molecular weight excluding hydrogens is 877 g/mol. The number of carbonyl (C=O) groups excluding carboxylic acids is 3. The Morgan fingerprint density at radius 2 is 0.535 bits per heavy atom. The number of hydrogen-bond acceptors (Lipinski definition) is 6. The van der Waals surface area contributed by atoms with Gasteiger partial charge in [0.2, 0.25) is 0 Å². The smallest absolute Gasteiger partial charge is 0.306 e. The second-order valence-corrected chi connectivity index (χ2v) is 20.6. The molecule has 0 aromatic rings. The third-order valence-corrected chi connectivity index (χ3v) is 13.5. The Hall–Kier alpha value is -2.89. The summed E-state index contributed by atoms with van der Waals surface area (Å²) in [6, 6.07) is 0. The van der Waals surface area contributed by atoms with E-state index in [0.29, 0.717) is 19.3 Å². The maximum atomic E-state index is 12.8. The number of allylic oxidation sites excluding steroid dienone is 10. The lowest BCUT2D eigenvalue weighted by Gasteiger charge is -2.18. The van der Waals surface area contributed by atoms with E-state index in [-0.39, 0.29) is 31.1 Å². The van der Waals surface area contributed by atoms with Crippen LogP contribution in [0.25, 0.3) is 0 Å². The topological polar surface area (TPSA) is 78.9 Å². The van der Waals surface area contributed by atoms with Crippen molar-refractivity contribution >= 4 is 17.9 Å². The van der Waals surface area contributed by atoms with Crippen LogP contribution in [0.1, 0.15) is 316 Å². The molecular formula is C65H116O6. The molecule has 0 heterocycles. The van der Waals surface area contributed by atoms with Crippen LogP contribution in [0.2, 0.25) is 0 Å². The van der Waals surface area contributed by atoms with Crippen molar-refractivity contribution in [3.8, 4) is 0 Å². The Morgan fingerprint density at radius 1 is 0.282 bits per heavy atom. The summed E-state index contributed by atoms with van der Waals surface area (Å²) >= 11 is 0. The van der Waals surface area contributed by atoms with Gasteiger partial charge in [0.15, 0.2) is 6.10 Å². The van der Waals surface area contributed by atoms with E-state index in [9.17, 15) is 14.4 Å². The van der Waals surface area contributed by atoms with E-state index in [4.69, 9.17) is 14.2 Å². The molecule has 0 amide bonds. The Balaban J connectivity index is 4.22. The van der Waals surface area contributed by atoms with Crippen molar-refractivity contribution in [1.82, 2.24) is 0 Å². The molecule has 0 rings (SSSR count). The largest absolute Gasteiger partial charge is 0.462 e. The first-order chi connectivity index (χ1) is 35.0. The summed E-state index contributed by atoms with van der Waals surface area (Å²) in [6.45, 7) is 6.58. The number of hydrogen-bond donors (Lipinski definition) is 0. The molecule has 0 radical (unpaired) electrons. The van der Waals surface area contributed by atoms with E-state index in [2.05, 4.69) is 81.5 Å². The third kappa shape index (κ3) is 57.9. The molecule has 1 atom stereocenters. The van der Waals surface area contributed by atoms with Gasteiger partial charge in [-0.05, 0) is 83.5 Å². The molecule has 0 aromatic carbocycles. The summed E-state index contributed by atoms with van der Waals surface area (Å²) in [6.07, 6.45) is 75.1. The van der Waals surface area contributed by atoms with Crippen molar-refractivity contribution < 1.29 is 28.6 Å². The fourth-order valence-corrected chi connectivity index (χ4v) is 8.84. The van der Waals surface area contributed by atoms with E-state index in [1.54, 1.807) is 0 Å². The molecule has 0 saturated heterocycles. The van der Waals surface area contributed by atoms with Crippen molar-refractivity contribution in [3.05, 3.63) is 60.8 Å². The van der Waals surface area contributed by atoms with Crippen molar-refractivity contribution in [2.24, 2.45) is 0 Å². The number of ether oxygens (including phenoxy) is 3. The van der Waals surface area contributed by atoms with Crippen LogP contribution in [-0.4, -0.2) is 37.2 Å². The maximum absolute atomic E-state index is 12.8. The zero-order valence-corrected chi connectivity index (χ0v) is 47.2. The van der Waals surface area contributed by atoms with Crippen LogP contribution in [0.5, 0.6) is 0 Å². The first-order valence-corrected chi connectivity index (χ1v) is 30.8. The SMILES string of the molecule is CCC/C=C\C/C=C\CCCCCCCC(=O)OC(COC(=O)CCCCCCCCCCCCCCC)COC(=O)CCCCCCCCCCCCCC/C=C\C/C=C\C/C=C\CCCCCCC. The molecule has 0 aliphatic heterocycles. The van der Waals surface area contributed by atoms with Gasteiger partial charge < -0.3 is 14.2 Å². The average molecular weight is 994 g/mol. The van der Waals surface area contributed by atoms with E-state index in [0.717, 1.165) is 103 Å². The highest BCUT2D eigenvalue weighted by Gasteiger charge is 2.19. The normalized spacial score (nSPS) is 12.4. The second kappa shape index (κ2) is 59.7. The van der Waals surface area contributed by atoms with Crippen molar-refractivity contribution in [2.75, 3.05) is 13.2 Å². The first kappa shape index (κ1) is 68.1. The predicted octanol–water partition coefficient (Wildman–Crippen LogP) is 20.8. The molecule has 0 aliphatic rings. The lowest BCUT2D eigenvalue weighted by atomic mass is 10.0. The molecule has 0 saturated carbocycles. The van der Waals surface area contributed by atoms with Crippen molar-refractivity contribution in [2.45, 2.75) is 322 Å². The van der Waals surface area contributed by atoms with Crippen molar-refractivity contribution in [1.29, 1.82) is 0 Å². The maximum Gasteiger partial charge on any atom is 0.306 e. The highest BCUT2D eigenvalue weighted by Crippen LogP contribution is 2.16. The second-order valence-electron chi connectivity index (χ2n) is 20.6. The monoisotopic (exact) mass is 993 g/mol. The zero-order chi connectivity index (χ0) is 51.4. The molecule has 0 fully saturated rings. The Kier molecular flexibility index (Phi) is 57.2. The van der Waals surface area contributed by atoms with Gasteiger partial charge in [0.1, 0.15) is 13.2 Å². The molecule has 0 aromatic heterocycles. The number of rotatable bonds is 56. The van der Waals surface area contributed by atoms with Crippen molar-refractivity contribution in [3.63, 3.8) is 0 Å². The lowest BCUT2D eigenvalue weighted by Crippen LogP contribution is -2.30. The first-order valence-electron chi connectivity index (χ1n) is 30.8. The molecule has 6 heteroatoms. The third-order valence-electron chi connectivity index (χ3n) is 13.5. The van der Waals surface area contributed by atoms with Gasteiger partial charge in [-0.2, -0.15) is 0 Å². The standard InChI is InChI=1S/C65H116O6/c1-4-7-10-13-16-19-22-25-26-27-28-29-30-31-32-33-34-35-36-37-38-41-43-46-49-52-55-58-64(67)70-61-62(71-65(68)59-56-53-50-47-44-40-24-21-18-15-12-9-6-3)60-69-63(66)57-54-51-48-45-42-39-23-20-17-14-11-8-5-2/h12,15,21-22,24-25,27-28,30-31,62H,4-11,13-14,16-20,23,26,29,32-61H2,1-3H3/b15-12-,24-21-,25-22-,28-27-,31-30-. The zero-order valence-electron chi connectivity index (χ0n) is 47.2. The van der Waals surface area contributed by atoms with Gasteiger partial charge in [-0.15, -0.1) is 0 Å². The van der Waals surface area contributed by atoms with Crippen LogP contribution in [-0.2, 0) is 28.6 Å². The van der Waals surface area contributed by atoms with E-state index in [1.165, 1.54) is 173 Å². The van der Waals surface area contributed by atoms with Crippen LogP contribution >= 0.6 is 0 Å². The molecule has 0 aliphatic carbocycles. The van der Waals surface area contributed by atoms with Crippen LogP contribution in [0.15, 0.2) is 60.8 Å². The Bertz CT molecular complexity index is 1280. The highest BCUT2D eigenvalue weighted by atomic mass is 16.6. The van der Waals surface area contributed by atoms with E-state index >= 15 is 0 Å². The summed E-state index contributed by atoms with van der Waals surface area (Å²) in [5.41, 5.74) is 0. The predicted molar refractivity (Wildman–Crippen MR) is 307 cm³/mol. The summed E-state index contributed by atoms with van der Waals surface area (Å²) in [4.78, 5) is 38.2. The van der Waals surface area contributed by atoms with Gasteiger partial charge in [-0.3, -0.25) is 14.4 Å². The highest BCUT2D eigenvalue weighted by molar-refractivity contribution is 5.71. The molecule has 0 bridgehead atoms. The van der Waals surface area contributed by atoms with Crippen LogP contribution in [0.3, 0.4) is 0 Å². The van der Waals surface area contributed by atoms with Gasteiger partial charge in [-0.1, -0.05) is 274 Å². The van der Waals surface area contributed by atoms with Gasteiger partial charge >= 0.3 is 17.9 Å². The molecule has 0 N–H and O–H groups in total. The van der Waals surface area contributed by atoms with Gasteiger partial charge in [0.05, 0.1) is 0 Å². The number of unbranched alkanes of at least 4 members (excludes halogenated alkanes) is 35. The van der Waals surface area contributed by atoms with Gasteiger partial charge in [-0.25, -0.2) is 0 Å². The average Bonchev–Trinajstić information content (AvgIpc) is 3.37. The lowest BCUT2D eigenvalue weighted by molar-refractivity contribution is -0.167. The Labute approximate surface area is 440 Å². The molecule has 412 valence electrons. The number of esters is 3. The van der Waals surface area contributed by atoms with E-state index < -0.39 is 6.10 Å². The van der Waals surface area contributed by atoms with E-state index in [1.807, 2.05) is 0 Å². The minimum Gasteiger partial charge on any atom is -0.462 e. The van der Waals surface area contributed by atoms with Crippen LogP contribution < -0.4 is 0 Å². The molecule has 1 unspecified atom stereocenters. The fourth-order valence-electron chi connectivity index (χ4n) is 8.84. The molecule has 0 spiro atoms. The quantitative estimate of drug-likeness (QED) is 0.0261.